The van der Waals surface area contributed by atoms with Crippen molar-refractivity contribution in [3.8, 4) is 5.75 Å². The first-order chi connectivity index (χ1) is 15.9. The van der Waals surface area contributed by atoms with Crippen molar-refractivity contribution < 1.29 is 19.4 Å². The number of nitrogens with zero attached hydrogens (tertiary/aromatic N) is 3. The smallest absolute Gasteiger partial charge is 0.303 e. The van der Waals surface area contributed by atoms with Gasteiger partial charge in [-0.05, 0) is 36.8 Å². The maximum atomic E-state index is 12.9. The van der Waals surface area contributed by atoms with Gasteiger partial charge in [-0.1, -0.05) is 51.8 Å². The second-order valence-corrected chi connectivity index (χ2v) is 8.81. The fourth-order valence-electron chi connectivity index (χ4n) is 3.80. The van der Waals surface area contributed by atoms with Crippen molar-refractivity contribution in [1.29, 1.82) is 0 Å². The predicted octanol–water partition coefficient (Wildman–Crippen LogP) is 5.59. The Morgan fingerprint density at radius 3 is 2.67 bits per heavy atom. The number of para-hydroxylation sites is 1. The number of fused-ring (bicyclic) bond motifs is 1. The summed E-state index contributed by atoms with van der Waals surface area (Å²) in [5.41, 5.74) is 2.89. The van der Waals surface area contributed by atoms with E-state index in [1.165, 1.54) is 5.01 Å². The molecule has 170 valence electrons. The Bertz CT molecular complexity index is 1250. The van der Waals surface area contributed by atoms with Gasteiger partial charge in [-0.2, -0.15) is 5.10 Å². The van der Waals surface area contributed by atoms with Gasteiger partial charge in [0.2, 0.25) is 5.91 Å². The highest BCUT2D eigenvalue weighted by atomic mass is 79.9. The Morgan fingerprint density at radius 2 is 1.97 bits per heavy atom. The summed E-state index contributed by atoms with van der Waals surface area (Å²) in [4.78, 5) is 28.5. The van der Waals surface area contributed by atoms with Crippen LogP contribution in [0.15, 0.2) is 58.1 Å². The zero-order valence-corrected chi connectivity index (χ0v) is 20.1. The topological polar surface area (TPSA) is 92.1 Å². The van der Waals surface area contributed by atoms with Gasteiger partial charge in [-0.15, -0.1) is 0 Å². The van der Waals surface area contributed by atoms with Gasteiger partial charge in [0, 0.05) is 28.3 Å². The molecule has 9 heteroatoms. The first-order valence-corrected chi connectivity index (χ1v) is 11.6. The van der Waals surface area contributed by atoms with Crippen LogP contribution in [0.3, 0.4) is 0 Å². The van der Waals surface area contributed by atoms with E-state index >= 15 is 0 Å². The van der Waals surface area contributed by atoms with E-state index in [1.54, 1.807) is 0 Å². The minimum absolute atomic E-state index is 0.157. The van der Waals surface area contributed by atoms with Crippen molar-refractivity contribution in [3.05, 3.63) is 69.3 Å². The molecule has 0 radical (unpaired) electrons. The summed E-state index contributed by atoms with van der Waals surface area (Å²) < 4.78 is 6.60. The number of halogens is 2. The van der Waals surface area contributed by atoms with Crippen molar-refractivity contribution >= 4 is 56.0 Å². The lowest BCUT2D eigenvalue weighted by Crippen LogP contribution is -2.27. The molecule has 1 N–H and O–H groups in total. The lowest BCUT2D eigenvalue weighted by Gasteiger charge is -2.23. The number of carboxylic acid groups (broad SMARTS) is 1. The number of carbonyl (C=O) groups is 2. The van der Waals surface area contributed by atoms with E-state index in [-0.39, 0.29) is 23.9 Å². The summed E-state index contributed by atoms with van der Waals surface area (Å²) in [6.07, 6.45) is 0.00117. The zero-order valence-electron chi connectivity index (χ0n) is 17.8. The SMILES string of the molecule is CCOc1cccc2cc([C@H]3CC(c4ccc(Br)cc4)=NN3C(=O)CCC(=O)O)c(Cl)nc12. The van der Waals surface area contributed by atoms with Gasteiger partial charge < -0.3 is 9.84 Å². The van der Waals surface area contributed by atoms with Crippen LogP contribution >= 0.6 is 27.5 Å². The molecule has 0 fully saturated rings. The first kappa shape index (κ1) is 23.2. The second kappa shape index (κ2) is 9.89. The number of amides is 1. The van der Waals surface area contributed by atoms with Gasteiger partial charge in [0.25, 0.3) is 0 Å². The summed E-state index contributed by atoms with van der Waals surface area (Å²) in [7, 11) is 0. The molecule has 33 heavy (non-hydrogen) atoms. The molecular weight excluding hydrogens is 510 g/mol. The van der Waals surface area contributed by atoms with Crippen LogP contribution in [0.25, 0.3) is 10.9 Å². The largest absolute Gasteiger partial charge is 0.492 e. The van der Waals surface area contributed by atoms with Crippen LogP contribution in [0.5, 0.6) is 5.75 Å². The Morgan fingerprint density at radius 1 is 1.21 bits per heavy atom. The number of aromatic nitrogens is 1. The average Bonchev–Trinajstić information content (AvgIpc) is 3.23. The number of pyridine rings is 1. The Labute approximate surface area is 204 Å². The Balaban J connectivity index is 1.74. The maximum Gasteiger partial charge on any atom is 0.303 e. The molecule has 0 aliphatic carbocycles. The van der Waals surface area contributed by atoms with E-state index in [0.29, 0.717) is 29.9 Å². The summed E-state index contributed by atoms with van der Waals surface area (Å²) in [6.45, 7) is 2.40. The third-order valence-electron chi connectivity index (χ3n) is 5.34. The fourth-order valence-corrected chi connectivity index (χ4v) is 4.33. The Kier molecular flexibility index (Phi) is 6.95. The highest BCUT2D eigenvalue weighted by Gasteiger charge is 2.35. The Hall–Kier alpha value is -2.97. The van der Waals surface area contributed by atoms with E-state index in [9.17, 15) is 9.59 Å². The monoisotopic (exact) mass is 529 g/mol. The standard InChI is InChI=1S/C24H21BrClN3O4/c1-2-33-20-5-3-4-15-12-17(24(26)27-23(15)20)19-13-18(14-6-8-16(25)9-7-14)28-29(19)21(30)10-11-22(31)32/h3-9,12,19H,2,10-11,13H2,1H3,(H,31,32)/t19-/m1/s1. The molecule has 2 aromatic carbocycles. The molecule has 0 saturated carbocycles. The van der Waals surface area contributed by atoms with E-state index in [1.807, 2.05) is 55.5 Å². The molecule has 1 atom stereocenters. The molecule has 1 aromatic heterocycles. The van der Waals surface area contributed by atoms with Crippen molar-refractivity contribution in [2.24, 2.45) is 5.10 Å². The summed E-state index contributed by atoms with van der Waals surface area (Å²) in [5, 5.41) is 16.0. The minimum Gasteiger partial charge on any atom is -0.492 e. The molecule has 7 nitrogen and oxygen atoms in total. The summed E-state index contributed by atoms with van der Waals surface area (Å²) >= 11 is 10.0. The number of ether oxygens (including phenoxy) is 1. The van der Waals surface area contributed by atoms with E-state index in [4.69, 9.17) is 21.4 Å². The van der Waals surface area contributed by atoms with Gasteiger partial charge in [-0.3, -0.25) is 9.59 Å². The first-order valence-electron chi connectivity index (χ1n) is 10.5. The molecule has 0 unspecified atom stereocenters. The molecule has 1 amide bonds. The van der Waals surface area contributed by atoms with Gasteiger partial charge in [0.1, 0.15) is 16.4 Å². The predicted molar refractivity (Wildman–Crippen MR) is 130 cm³/mol. The molecular formula is C24H21BrClN3O4. The van der Waals surface area contributed by atoms with Crippen LogP contribution in [0.4, 0.5) is 0 Å². The minimum atomic E-state index is -1.04. The molecule has 0 spiro atoms. The number of carbonyl (C=O) groups excluding carboxylic acids is 1. The maximum absolute atomic E-state index is 12.9. The molecule has 2 heterocycles. The summed E-state index contributed by atoms with van der Waals surface area (Å²) in [6, 6.07) is 14.7. The van der Waals surface area contributed by atoms with Crippen molar-refractivity contribution in [1.82, 2.24) is 9.99 Å². The molecule has 0 saturated heterocycles. The molecule has 3 aromatic rings. The van der Waals surface area contributed by atoms with Gasteiger partial charge in [0.15, 0.2) is 0 Å². The number of benzene rings is 2. The van der Waals surface area contributed by atoms with Crippen LogP contribution < -0.4 is 4.74 Å². The zero-order chi connectivity index (χ0) is 23.5. The van der Waals surface area contributed by atoms with Crippen LogP contribution in [-0.4, -0.2) is 39.3 Å². The van der Waals surface area contributed by atoms with Gasteiger partial charge in [-0.25, -0.2) is 9.99 Å². The van der Waals surface area contributed by atoms with Crippen molar-refractivity contribution in [3.63, 3.8) is 0 Å². The fraction of sp³-hybridized carbons (Fsp3) is 0.250. The molecule has 4 rings (SSSR count). The highest BCUT2D eigenvalue weighted by molar-refractivity contribution is 9.10. The lowest BCUT2D eigenvalue weighted by atomic mass is 9.98. The van der Waals surface area contributed by atoms with Crippen LogP contribution in [0.2, 0.25) is 5.15 Å². The summed E-state index contributed by atoms with van der Waals surface area (Å²) in [5.74, 6) is -0.783. The number of hydrogen-bond acceptors (Lipinski definition) is 5. The highest BCUT2D eigenvalue weighted by Crippen LogP contribution is 2.39. The molecule has 1 aliphatic rings. The second-order valence-electron chi connectivity index (χ2n) is 7.53. The normalized spacial score (nSPS) is 15.5. The lowest BCUT2D eigenvalue weighted by molar-refractivity contribution is -0.141. The van der Waals surface area contributed by atoms with Crippen molar-refractivity contribution in [2.75, 3.05) is 6.61 Å². The number of carboxylic acids is 1. The molecule has 1 aliphatic heterocycles. The number of hydrazone groups is 1. The van der Waals surface area contributed by atoms with E-state index < -0.39 is 12.0 Å². The van der Waals surface area contributed by atoms with Crippen LogP contribution in [0, 0.1) is 0 Å². The van der Waals surface area contributed by atoms with Crippen molar-refractivity contribution in [2.45, 2.75) is 32.2 Å². The number of aliphatic carboxylic acids is 1. The average molecular weight is 531 g/mol. The molecule has 0 bridgehead atoms. The number of hydrogen-bond donors (Lipinski definition) is 1. The van der Waals surface area contributed by atoms with Gasteiger partial charge >= 0.3 is 5.97 Å². The quantitative estimate of drug-likeness (QED) is 0.402. The third-order valence-corrected chi connectivity index (χ3v) is 6.18. The van der Waals surface area contributed by atoms with Gasteiger partial charge in [0.05, 0.1) is 24.8 Å². The van der Waals surface area contributed by atoms with E-state index in [0.717, 1.165) is 21.1 Å². The third kappa shape index (κ3) is 5.02. The van der Waals surface area contributed by atoms with Crippen LogP contribution in [-0.2, 0) is 9.59 Å². The van der Waals surface area contributed by atoms with E-state index in [2.05, 4.69) is 26.0 Å². The number of rotatable bonds is 7. The van der Waals surface area contributed by atoms with Crippen LogP contribution in [0.1, 0.15) is 43.4 Å².